The molecule has 1 aliphatic heterocycles. The van der Waals surface area contributed by atoms with Gasteiger partial charge in [-0.05, 0) is 24.7 Å². The number of benzene rings is 1. The van der Waals surface area contributed by atoms with Crippen molar-refractivity contribution in [1.82, 2.24) is 9.88 Å². The van der Waals surface area contributed by atoms with E-state index in [0.717, 1.165) is 37.4 Å². The highest BCUT2D eigenvalue weighted by Gasteiger charge is 2.17. The van der Waals surface area contributed by atoms with Crippen LogP contribution in [0.4, 0.5) is 5.69 Å². The summed E-state index contributed by atoms with van der Waals surface area (Å²) < 4.78 is 0. The number of piperazine rings is 1. The van der Waals surface area contributed by atoms with Gasteiger partial charge in [-0.3, -0.25) is 4.79 Å². The topological polar surface area (TPSA) is 128 Å². The van der Waals surface area contributed by atoms with Crippen molar-refractivity contribution in [3.8, 4) is 17.2 Å². The molecule has 1 fully saturated rings. The minimum Gasteiger partial charge on any atom is -0.385 e. The van der Waals surface area contributed by atoms with Gasteiger partial charge in [0.25, 0.3) is 0 Å². The maximum absolute atomic E-state index is 12.2. The fourth-order valence-electron chi connectivity index (χ4n) is 3.10. The second-order valence-corrected chi connectivity index (χ2v) is 7.60. The summed E-state index contributed by atoms with van der Waals surface area (Å²) in [6.45, 7) is 3.89. The molecular weight excluding hydrogens is 374 g/mol. The molecule has 1 aromatic heterocycles. The fourth-order valence-corrected chi connectivity index (χ4v) is 3.94. The lowest BCUT2D eigenvalue weighted by Crippen LogP contribution is -2.44. The van der Waals surface area contributed by atoms with E-state index in [0.29, 0.717) is 16.2 Å². The molecular formula is C19H23N7OS. The number of hydrazone groups is 1. The van der Waals surface area contributed by atoms with Gasteiger partial charge in [0.05, 0.1) is 16.3 Å². The standard InChI is InChI=1S/C19H23N7OS/c1-25-5-7-26(8-6-25)14-4-2-3-13(9-14)15-10-18(27)23-19(16(15)11-20)28-12-17(21)24-22/h2-4,9-10H,5-8,12,22H2,1H3,(H2,21,24)(H,23,27). The van der Waals surface area contributed by atoms with E-state index >= 15 is 0 Å². The van der Waals surface area contributed by atoms with Crippen molar-refractivity contribution in [3.63, 3.8) is 0 Å². The Kier molecular flexibility index (Phi) is 6.23. The summed E-state index contributed by atoms with van der Waals surface area (Å²) >= 11 is 1.23. The zero-order chi connectivity index (χ0) is 20.1. The predicted molar refractivity (Wildman–Crippen MR) is 113 cm³/mol. The number of anilines is 1. The summed E-state index contributed by atoms with van der Waals surface area (Å²) in [5.74, 6) is 5.68. The number of rotatable bonds is 5. The van der Waals surface area contributed by atoms with Gasteiger partial charge in [0, 0.05) is 43.5 Å². The molecule has 0 bridgehead atoms. The van der Waals surface area contributed by atoms with Gasteiger partial charge in [-0.15, -0.1) is 0 Å². The largest absolute Gasteiger partial charge is 0.385 e. The van der Waals surface area contributed by atoms with Crippen molar-refractivity contribution >= 4 is 23.3 Å². The molecule has 1 aromatic carbocycles. The molecule has 0 spiro atoms. The van der Waals surface area contributed by atoms with Crippen LogP contribution < -0.4 is 22.0 Å². The normalized spacial score (nSPS) is 15.4. The van der Waals surface area contributed by atoms with Crippen LogP contribution in [-0.4, -0.2) is 54.7 Å². The zero-order valence-corrected chi connectivity index (χ0v) is 16.5. The van der Waals surface area contributed by atoms with Crippen LogP contribution in [0.1, 0.15) is 5.56 Å². The first-order chi connectivity index (χ1) is 13.5. The smallest absolute Gasteiger partial charge is 0.249 e. The van der Waals surface area contributed by atoms with Gasteiger partial charge in [-0.2, -0.15) is 10.4 Å². The van der Waals surface area contributed by atoms with Crippen molar-refractivity contribution in [2.45, 2.75) is 5.03 Å². The molecule has 0 unspecified atom stereocenters. The third kappa shape index (κ3) is 4.47. The van der Waals surface area contributed by atoms with Gasteiger partial charge in [0.2, 0.25) is 5.56 Å². The number of hydrogen-bond acceptors (Lipinski definition) is 7. The van der Waals surface area contributed by atoms with Crippen molar-refractivity contribution in [2.24, 2.45) is 16.7 Å². The van der Waals surface area contributed by atoms with Gasteiger partial charge in [0.1, 0.15) is 11.9 Å². The van der Waals surface area contributed by atoms with E-state index in [1.165, 1.54) is 17.8 Å². The van der Waals surface area contributed by atoms with Crippen molar-refractivity contribution < 1.29 is 0 Å². The highest BCUT2D eigenvalue weighted by molar-refractivity contribution is 8.00. The van der Waals surface area contributed by atoms with Gasteiger partial charge < -0.3 is 26.4 Å². The Morgan fingerprint density at radius 1 is 1.32 bits per heavy atom. The van der Waals surface area contributed by atoms with Crippen LogP contribution in [0.15, 0.2) is 45.3 Å². The monoisotopic (exact) mass is 397 g/mol. The van der Waals surface area contributed by atoms with Crippen molar-refractivity contribution in [3.05, 3.63) is 46.2 Å². The number of pyridine rings is 1. The van der Waals surface area contributed by atoms with Crippen LogP contribution in [0.2, 0.25) is 0 Å². The van der Waals surface area contributed by atoms with E-state index in [2.05, 4.69) is 39.1 Å². The SMILES string of the molecule is CN1CCN(c2cccc(-c3cc(=O)[nH]c(SC/C(N)=N/N)c3C#N)c2)CC1. The van der Waals surface area contributed by atoms with Gasteiger partial charge in [0.15, 0.2) is 0 Å². The van der Waals surface area contributed by atoms with E-state index < -0.39 is 0 Å². The average Bonchev–Trinajstić information content (AvgIpc) is 2.72. The molecule has 1 saturated heterocycles. The van der Waals surface area contributed by atoms with Crippen LogP contribution in [0.25, 0.3) is 11.1 Å². The number of hydrogen-bond donors (Lipinski definition) is 3. The van der Waals surface area contributed by atoms with E-state index in [1.807, 2.05) is 18.2 Å². The Labute approximate surface area is 167 Å². The molecule has 0 saturated carbocycles. The highest BCUT2D eigenvalue weighted by atomic mass is 32.2. The van der Waals surface area contributed by atoms with Crippen LogP contribution in [0.3, 0.4) is 0 Å². The minimum absolute atomic E-state index is 0.234. The van der Waals surface area contributed by atoms with Crippen molar-refractivity contribution in [2.75, 3.05) is 43.9 Å². The average molecular weight is 398 g/mol. The number of aromatic amines is 1. The highest BCUT2D eigenvalue weighted by Crippen LogP contribution is 2.31. The van der Waals surface area contributed by atoms with E-state index in [4.69, 9.17) is 11.6 Å². The first kappa shape index (κ1) is 19.8. The summed E-state index contributed by atoms with van der Waals surface area (Å²) in [5.41, 5.74) is 8.29. The molecule has 0 radical (unpaired) electrons. The maximum Gasteiger partial charge on any atom is 0.249 e. The zero-order valence-electron chi connectivity index (χ0n) is 15.7. The second-order valence-electron chi connectivity index (χ2n) is 6.61. The summed E-state index contributed by atoms with van der Waals surface area (Å²) in [6, 6.07) is 11.6. The molecule has 0 amide bonds. The first-order valence-corrected chi connectivity index (χ1v) is 9.86. The molecule has 1 aliphatic rings. The Bertz CT molecular complexity index is 971. The lowest BCUT2D eigenvalue weighted by atomic mass is 10.0. The Hall–Kier alpha value is -2.96. The summed E-state index contributed by atoms with van der Waals surface area (Å²) in [6.07, 6.45) is 0. The lowest BCUT2D eigenvalue weighted by Gasteiger charge is -2.34. The molecule has 2 aromatic rings. The number of thioether (sulfide) groups is 1. The molecule has 0 atom stereocenters. The van der Waals surface area contributed by atoms with E-state index in [1.54, 1.807) is 0 Å². The van der Waals surface area contributed by atoms with Gasteiger partial charge in [-0.25, -0.2) is 0 Å². The lowest BCUT2D eigenvalue weighted by molar-refractivity contribution is 0.313. The maximum atomic E-state index is 12.2. The third-order valence-electron chi connectivity index (χ3n) is 4.68. The number of amidine groups is 1. The molecule has 8 nitrogen and oxygen atoms in total. The molecule has 5 N–H and O–H groups in total. The van der Waals surface area contributed by atoms with E-state index in [9.17, 15) is 10.1 Å². The number of nitrogens with zero attached hydrogens (tertiary/aromatic N) is 4. The quantitative estimate of drug-likeness (QED) is 0.226. The molecule has 28 heavy (non-hydrogen) atoms. The third-order valence-corrected chi connectivity index (χ3v) is 5.71. The number of aromatic nitrogens is 1. The number of nitrogens with one attached hydrogen (secondary N) is 1. The number of nitrogens with two attached hydrogens (primary N) is 2. The number of H-pyrrole nitrogens is 1. The number of nitriles is 1. The van der Waals surface area contributed by atoms with Gasteiger partial charge >= 0.3 is 0 Å². The Morgan fingerprint density at radius 3 is 2.75 bits per heavy atom. The fraction of sp³-hybridized carbons (Fsp3) is 0.316. The van der Waals surface area contributed by atoms with Crippen LogP contribution in [-0.2, 0) is 0 Å². The minimum atomic E-state index is -0.273. The summed E-state index contributed by atoms with van der Waals surface area (Å²) in [4.78, 5) is 19.5. The molecule has 146 valence electrons. The van der Waals surface area contributed by atoms with Crippen LogP contribution in [0.5, 0.6) is 0 Å². The van der Waals surface area contributed by atoms with Crippen LogP contribution >= 0.6 is 11.8 Å². The van der Waals surface area contributed by atoms with Crippen LogP contribution in [0, 0.1) is 11.3 Å². The Morgan fingerprint density at radius 2 is 2.07 bits per heavy atom. The summed E-state index contributed by atoms with van der Waals surface area (Å²) in [5, 5.41) is 13.6. The van der Waals surface area contributed by atoms with E-state index in [-0.39, 0.29) is 17.1 Å². The molecule has 2 heterocycles. The van der Waals surface area contributed by atoms with Gasteiger partial charge in [-0.1, -0.05) is 23.9 Å². The second kappa shape index (κ2) is 8.82. The first-order valence-electron chi connectivity index (χ1n) is 8.88. The molecule has 0 aliphatic carbocycles. The predicted octanol–water partition coefficient (Wildman–Crippen LogP) is 0.988. The Balaban J connectivity index is 1.97. The molecule has 3 rings (SSSR count). The number of likely N-dealkylation sites (N-methyl/N-ethyl adjacent to an activating group) is 1. The molecule has 9 heteroatoms. The summed E-state index contributed by atoms with van der Waals surface area (Å²) in [7, 11) is 2.12. The van der Waals surface area contributed by atoms with Crippen molar-refractivity contribution in [1.29, 1.82) is 5.26 Å².